The van der Waals surface area contributed by atoms with Gasteiger partial charge >= 0.3 is 0 Å². The fourth-order valence-corrected chi connectivity index (χ4v) is 3.45. The van der Waals surface area contributed by atoms with Crippen LogP contribution >= 0.6 is 0 Å². The Labute approximate surface area is 129 Å². The summed E-state index contributed by atoms with van der Waals surface area (Å²) in [7, 11) is -0.374. The van der Waals surface area contributed by atoms with Crippen LogP contribution in [0.2, 0.25) is 0 Å². The molecule has 8 nitrogen and oxygen atoms in total. The van der Waals surface area contributed by atoms with Gasteiger partial charge in [-0.1, -0.05) is 6.92 Å². The van der Waals surface area contributed by atoms with Gasteiger partial charge in [0, 0.05) is 26.4 Å². The number of nitrogens with zero attached hydrogens (tertiary/aromatic N) is 2. The van der Waals surface area contributed by atoms with E-state index in [0.29, 0.717) is 25.4 Å². The minimum atomic E-state index is -3.35. The first-order valence-corrected chi connectivity index (χ1v) is 8.67. The van der Waals surface area contributed by atoms with Crippen molar-refractivity contribution < 1.29 is 22.4 Å². The molecule has 0 aromatic carbocycles. The molecule has 0 saturated carbocycles. The molecular weight excluding hydrogens is 310 g/mol. The highest BCUT2D eigenvalue weighted by Crippen LogP contribution is 2.18. The standard InChI is InChI=1S/C13H21N3O5S/c1-4-11-12(14-8-21-11)13(17)15-10-6-20-5-9(10)7-22(18,19)16(2)3/h8-10H,4-7H2,1-3H3,(H,15,17)/t9-,10+/m0/s1. The van der Waals surface area contributed by atoms with E-state index >= 15 is 0 Å². The first kappa shape index (κ1) is 16.9. The van der Waals surface area contributed by atoms with Crippen LogP contribution in [0.4, 0.5) is 0 Å². The lowest BCUT2D eigenvalue weighted by molar-refractivity contribution is 0.0919. The SMILES string of the molecule is CCc1ocnc1C(=O)N[C@@H]1COC[C@H]1CS(=O)(=O)N(C)C. The van der Waals surface area contributed by atoms with Gasteiger partial charge in [-0.15, -0.1) is 0 Å². The molecule has 1 saturated heterocycles. The second-order valence-corrected chi connectivity index (χ2v) is 7.64. The van der Waals surface area contributed by atoms with Crippen molar-refractivity contribution in [1.29, 1.82) is 0 Å². The van der Waals surface area contributed by atoms with Crippen molar-refractivity contribution in [3.8, 4) is 0 Å². The molecule has 2 rings (SSSR count). The normalized spacial score (nSPS) is 22.2. The van der Waals surface area contributed by atoms with E-state index in [1.807, 2.05) is 6.92 Å². The lowest BCUT2D eigenvalue weighted by atomic mass is 10.1. The van der Waals surface area contributed by atoms with E-state index in [-0.39, 0.29) is 29.3 Å². The maximum absolute atomic E-state index is 12.2. The quantitative estimate of drug-likeness (QED) is 0.779. The number of carbonyl (C=O) groups is 1. The van der Waals surface area contributed by atoms with Crippen molar-refractivity contribution in [3.63, 3.8) is 0 Å². The maximum atomic E-state index is 12.2. The molecule has 0 bridgehead atoms. The Morgan fingerprint density at radius 1 is 1.45 bits per heavy atom. The lowest BCUT2D eigenvalue weighted by Crippen LogP contribution is -2.43. The van der Waals surface area contributed by atoms with E-state index in [1.54, 1.807) is 0 Å². The van der Waals surface area contributed by atoms with Gasteiger partial charge < -0.3 is 14.5 Å². The number of nitrogens with one attached hydrogen (secondary N) is 1. The highest BCUT2D eigenvalue weighted by atomic mass is 32.2. The summed E-state index contributed by atoms with van der Waals surface area (Å²) in [6.07, 6.45) is 1.79. The van der Waals surface area contributed by atoms with E-state index in [0.717, 1.165) is 0 Å². The fourth-order valence-electron chi connectivity index (χ4n) is 2.29. The second-order valence-electron chi connectivity index (χ2n) is 5.42. The molecule has 1 amide bonds. The summed E-state index contributed by atoms with van der Waals surface area (Å²) in [5, 5.41) is 2.80. The number of ether oxygens (including phenoxy) is 1. The Kier molecular flexibility index (Phi) is 5.20. The number of hydrogen-bond donors (Lipinski definition) is 1. The first-order valence-electron chi connectivity index (χ1n) is 7.06. The van der Waals surface area contributed by atoms with Crippen LogP contribution in [0.3, 0.4) is 0 Å². The van der Waals surface area contributed by atoms with Gasteiger partial charge in [0.05, 0.1) is 25.0 Å². The minimum absolute atomic E-state index is 0.0651. The van der Waals surface area contributed by atoms with E-state index in [1.165, 1.54) is 24.8 Å². The predicted molar refractivity (Wildman–Crippen MR) is 78.9 cm³/mol. The lowest BCUT2D eigenvalue weighted by Gasteiger charge is -2.20. The molecule has 0 radical (unpaired) electrons. The highest BCUT2D eigenvalue weighted by molar-refractivity contribution is 7.89. The topological polar surface area (TPSA) is 102 Å². The van der Waals surface area contributed by atoms with Gasteiger partial charge in [-0.2, -0.15) is 0 Å². The van der Waals surface area contributed by atoms with Crippen LogP contribution in [0.25, 0.3) is 0 Å². The van der Waals surface area contributed by atoms with Gasteiger partial charge in [0.1, 0.15) is 5.76 Å². The molecule has 1 aliphatic rings. The van der Waals surface area contributed by atoms with E-state index in [9.17, 15) is 13.2 Å². The third-order valence-electron chi connectivity index (χ3n) is 3.67. The molecule has 0 spiro atoms. The third-order valence-corrected chi connectivity index (χ3v) is 5.64. The largest absolute Gasteiger partial charge is 0.448 e. The van der Waals surface area contributed by atoms with Gasteiger partial charge in [0.15, 0.2) is 12.1 Å². The smallest absolute Gasteiger partial charge is 0.273 e. The molecule has 1 fully saturated rings. The Balaban J connectivity index is 2.04. The first-order chi connectivity index (χ1) is 10.3. The van der Waals surface area contributed by atoms with Crippen molar-refractivity contribution >= 4 is 15.9 Å². The number of rotatable bonds is 6. The van der Waals surface area contributed by atoms with E-state index < -0.39 is 10.0 Å². The van der Waals surface area contributed by atoms with Crippen molar-refractivity contribution in [2.24, 2.45) is 5.92 Å². The molecule has 2 atom stereocenters. The number of carbonyl (C=O) groups excluding carboxylic acids is 1. The zero-order chi connectivity index (χ0) is 16.3. The van der Waals surface area contributed by atoms with Gasteiger partial charge in [-0.3, -0.25) is 4.79 Å². The molecule has 1 aromatic heterocycles. The number of sulfonamides is 1. The maximum Gasteiger partial charge on any atom is 0.273 e. The van der Waals surface area contributed by atoms with E-state index in [2.05, 4.69) is 10.3 Å². The van der Waals surface area contributed by atoms with Crippen molar-refractivity contribution in [2.75, 3.05) is 33.1 Å². The fraction of sp³-hybridized carbons (Fsp3) is 0.692. The molecule has 1 N–H and O–H groups in total. The number of hydrogen-bond acceptors (Lipinski definition) is 6. The summed E-state index contributed by atoms with van der Waals surface area (Å²) in [6.45, 7) is 2.46. The van der Waals surface area contributed by atoms with Crippen LogP contribution in [0, 0.1) is 5.92 Å². The number of aromatic nitrogens is 1. The Hall–Kier alpha value is -1.45. The van der Waals surface area contributed by atoms with Crippen LogP contribution in [-0.4, -0.2) is 62.7 Å². The van der Waals surface area contributed by atoms with Crippen molar-refractivity contribution in [1.82, 2.24) is 14.6 Å². The van der Waals surface area contributed by atoms with Crippen LogP contribution < -0.4 is 5.32 Å². The molecule has 22 heavy (non-hydrogen) atoms. The average Bonchev–Trinajstić information content (AvgIpc) is 3.07. The van der Waals surface area contributed by atoms with Crippen molar-refractivity contribution in [2.45, 2.75) is 19.4 Å². The van der Waals surface area contributed by atoms with Gasteiger partial charge in [0.2, 0.25) is 10.0 Å². The zero-order valence-corrected chi connectivity index (χ0v) is 13.7. The molecule has 9 heteroatoms. The summed E-state index contributed by atoms with van der Waals surface area (Å²) < 4.78 is 35.6. The van der Waals surface area contributed by atoms with Gasteiger partial charge in [-0.25, -0.2) is 17.7 Å². The van der Waals surface area contributed by atoms with Crippen molar-refractivity contribution in [3.05, 3.63) is 17.8 Å². The molecule has 2 heterocycles. The molecule has 1 aromatic rings. The second kappa shape index (κ2) is 6.76. The number of oxazole rings is 1. The predicted octanol–water partition coefficient (Wildman–Crippen LogP) is -0.127. The Bertz CT molecular complexity index is 625. The monoisotopic (exact) mass is 331 g/mol. The molecule has 0 unspecified atom stereocenters. The molecular formula is C13H21N3O5S. The molecule has 1 aliphatic heterocycles. The summed E-state index contributed by atoms with van der Waals surface area (Å²) in [6, 6.07) is -0.358. The third kappa shape index (κ3) is 3.65. The number of amides is 1. The minimum Gasteiger partial charge on any atom is -0.448 e. The Morgan fingerprint density at radius 2 is 2.18 bits per heavy atom. The van der Waals surface area contributed by atoms with Gasteiger partial charge in [-0.05, 0) is 0 Å². The molecule has 124 valence electrons. The van der Waals surface area contributed by atoms with Crippen LogP contribution in [-0.2, 0) is 21.2 Å². The van der Waals surface area contributed by atoms with Crippen LogP contribution in [0.1, 0.15) is 23.2 Å². The zero-order valence-electron chi connectivity index (χ0n) is 12.9. The summed E-state index contributed by atoms with van der Waals surface area (Å²) in [4.78, 5) is 16.1. The average molecular weight is 331 g/mol. The van der Waals surface area contributed by atoms with Crippen LogP contribution in [0.5, 0.6) is 0 Å². The highest BCUT2D eigenvalue weighted by Gasteiger charge is 2.34. The summed E-state index contributed by atoms with van der Waals surface area (Å²) >= 11 is 0. The van der Waals surface area contributed by atoms with Gasteiger partial charge in [0.25, 0.3) is 5.91 Å². The summed E-state index contributed by atoms with van der Waals surface area (Å²) in [5.41, 5.74) is 0.239. The van der Waals surface area contributed by atoms with E-state index in [4.69, 9.17) is 9.15 Å². The number of aryl methyl sites for hydroxylation is 1. The molecule has 0 aliphatic carbocycles. The summed E-state index contributed by atoms with van der Waals surface area (Å²) in [5.74, 6) is -0.208. The Morgan fingerprint density at radius 3 is 2.82 bits per heavy atom. The van der Waals surface area contributed by atoms with Crippen LogP contribution in [0.15, 0.2) is 10.8 Å².